The van der Waals surface area contributed by atoms with E-state index in [1.807, 2.05) is 11.8 Å². The highest BCUT2D eigenvalue weighted by Gasteiger charge is 2.14. The smallest absolute Gasteiger partial charge is 0.337 e. The molecule has 1 aliphatic heterocycles. The Balaban J connectivity index is 1.76. The lowest BCUT2D eigenvalue weighted by atomic mass is 10.2. The minimum atomic E-state index is -0.931. The molecule has 92 valence electrons. The van der Waals surface area contributed by atoms with Gasteiger partial charge in [-0.1, -0.05) is 0 Å². The maximum atomic E-state index is 10.6. The normalized spacial score (nSPS) is 19.4. The summed E-state index contributed by atoms with van der Waals surface area (Å²) in [5.74, 6) is 0.345. The van der Waals surface area contributed by atoms with E-state index in [-0.39, 0.29) is 5.56 Å². The van der Waals surface area contributed by atoms with Gasteiger partial charge in [0.25, 0.3) is 0 Å². The molecule has 1 unspecified atom stereocenters. The molecule has 1 aromatic rings. The predicted octanol–water partition coefficient (Wildman–Crippen LogP) is 1.77. The van der Waals surface area contributed by atoms with Gasteiger partial charge in [0.1, 0.15) is 0 Å². The topological polar surface area (TPSA) is 62.2 Å². The van der Waals surface area contributed by atoms with Gasteiger partial charge in [-0.2, -0.15) is 11.8 Å². The van der Waals surface area contributed by atoms with Crippen LogP contribution in [0.5, 0.6) is 0 Å². The number of carboxylic acids is 1. The lowest BCUT2D eigenvalue weighted by Gasteiger charge is -2.09. The van der Waals surface area contributed by atoms with Gasteiger partial charge in [0.05, 0.1) is 11.3 Å². The number of pyridine rings is 1. The Kier molecular flexibility index (Phi) is 4.39. The molecule has 17 heavy (non-hydrogen) atoms. The zero-order chi connectivity index (χ0) is 12.1. The van der Waals surface area contributed by atoms with Crippen LogP contribution in [0.15, 0.2) is 18.3 Å². The van der Waals surface area contributed by atoms with Crippen molar-refractivity contribution in [3.63, 3.8) is 0 Å². The fourth-order valence-electron chi connectivity index (χ4n) is 1.82. The van der Waals surface area contributed by atoms with Crippen LogP contribution in [0, 0.1) is 0 Å². The maximum Gasteiger partial charge on any atom is 0.337 e. The third-order valence-corrected chi connectivity index (χ3v) is 4.17. The molecule has 4 nitrogen and oxygen atoms in total. The van der Waals surface area contributed by atoms with Crippen LogP contribution in [0.2, 0.25) is 0 Å². The molecule has 0 aliphatic carbocycles. The molecule has 0 aromatic carbocycles. The molecule has 2 N–H and O–H groups in total. The van der Waals surface area contributed by atoms with Gasteiger partial charge in [-0.15, -0.1) is 0 Å². The quantitative estimate of drug-likeness (QED) is 0.836. The molecule has 1 atom stereocenters. The molecule has 0 bridgehead atoms. The number of nitrogens with one attached hydrogen (secondary N) is 1. The maximum absolute atomic E-state index is 10.6. The second kappa shape index (κ2) is 6.02. The number of nitrogens with zero attached hydrogens (tertiary/aromatic N) is 1. The number of thioether (sulfide) groups is 1. The Labute approximate surface area is 105 Å². The summed E-state index contributed by atoms with van der Waals surface area (Å²) in [4.78, 5) is 14.8. The van der Waals surface area contributed by atoms with E-state index in [9.17, 15) is 4.79 Å². The number of aromatic carboxylic acids is 1. The van der Waals surface area contributed by atoms with Crippen molar-refractivity contribution in [1.29, 1.82) is 0 Å². The molecule has 2 rings (SSSR count). The van der Waals surface area contributed by atoms with E-state index in [1.54, 1.807) is 12.1 Å². The van der Waals surface area contributed by atoms with Crippen molar-refractivity contribution in [2.45, 2.75) is 24.6 Å². The number of carbonyl (C=O) groups is 1. The van der Waals surface area contributed by atoms with E-state index in [1.165, 1.54) is 24.8 Å². The van der Waals surface area contributed by atoms with Crippen molar-refractivity contribution in [2.75, 3.05) is 12.3 Å². The van der Waals surface area contributed by atoms with E-state index in [0.717, 1.165) is 17.5 Å². The van der Waals surface area contributed by atoms with E-state index < -0.39 is 5.97 Å². The van der Waals surface area contributed by atoms with Crippen molar-refractivity contribution >= 4 is 17.7 Å². The van der Waals surface area contributed by atoms with Crippen LogP contribution in [0.4, 0.5) is 0 Å². The zero-order valence-corrected chi connectivity index (χ0v) is 10.4. The average molecular weight is 252 g/mol. The third-order valence-electron chi connectivity index (χ3n) is 2.77. The summed E-state index contributed by atoms with van der Waals surface area (Å²) in [6, 6.07) is 3.36. The monoisotopic (exact) mass is 252 g/mol. The number of hydrogen-bond acceptors (Lipinski definition) is 4. The van der Waals surface area contributed by atoms with E-state index in [2.05, 4.69) is 10.3 Å². The lowest BCUT2D eigenvalue weighted by molar-refractivity contribution is 0.0696. The highest BCUT2D eigenvalue weighted by Crippen LogP contribution is 2.25. The van der Waals surface area contributed by atoms with Gasteiger partial charge in [0.2, 0.25) is 0 Å². The lowest BCUT2D eigenvalue weighted by Crippen LogP contribution is -2.23. The largest absolute Gasteiger partial charge is 0.478 e. The molecule has 0 radical (unpaired) electrons. The number of hydrogen-bond donors (Lipinski definition) is 2. The number of carboxylic acid groups (broad SMARTS) is 1. The number of aromatic nitrogens is 1. The Morgan fingerprint density at radius 3 is 3.06 bits per heavy atom. The first-order valence-electron chi connectivity index (χ1n) is 5.76. The van der Waals surface area contributed by atoms with Crippen LogP contribution < -0.4 is 5.32 Å². The second-order valence-corrected chi connectivity index (χ2v) is 5.52. The Morgan fingerprint density at radius 1 is 1.59 bits per heavy atom. The molecule has 1 aromatic heterocycles. The summed E-state index contributed by atoms with van der Waals surface area (Å²) >= 11 is 2.02. The van der Waals surface area contributed by atoms with Gasteiger partial charge in [0.15, 0.2) is 0 Å². The average Bonchev–Trinajstić information content (AvgIpc) is 2.83. The standard InChI is InChI=1S/C12H16N2O2S/c15-12(16)9-3-4-10(14-6-9)7-13-8-11-2-1-5-17-11/h3-4,6,11,13H,1-2,5,7-8H2,(H,15,16). The highest BCUT2D eigenvalue weighted by molar-refractivity contribution is 8.00. The van der Waals surface area contributed by atoms with Gasteiger partial charge in [-0.05, 0) is 30.7 Å². The summed E-state index contributed by atoms with van der Waals surface area (Å²) in [5.41, 5.74) is 1.12. The van der Waals surface area contributed by atoms with Crippen LogP contribution in [0.25, 0.3) is 0 Å². The summed E-state index contributed by atoms with van der Waals surface area (Å²) in [6.45, 7) is 1.71. The van der Waals surface area contributed by atoms with Gasteiger partial charge < -0.3 is 10.4 Å². The first-order valence-corrected chi connectivity index (χ1v) is 6.81. The fraction of sp³-hybridized carbons (Fsp3) is 0.500. The molecule has 0 amide bonds. The molecule has 1 fully saturated rings. The zero-order valence-electron chi connectivity index (χ0n) is 9.56. The van der Waals surface area contributed by atoms with Crippen LogP contribution >= 0.6 is 11.8 Å². The van der Waals surface area contributed by atoms with Crippen LogP contribution in [-0.2, 0) is 6.54 Å². The van der Waals surface area contributed by atoms with Gasteiger partial charge in [-0.3, -0.25) is 4.98 Å². The summed E-state index contributed by atoms with van der Waals surface area (Å²) in [7, 11) is 0. The predicted molar refractivity (Wildman–Crippen MR) is 68.4 cm³/mol. The first-order chi connectivity index (χ1) is 8.25. The van der Waals surface area contributed by atoms with E-state index in [4.69, 9.17) is 5.11 Å². The van der Waals surface area contributed by atoms with Gasteiger partial charge >= 0.3 is 5.97 Å². The second-order valence-electron chi connectivity index (χ2n) is 4.11. The SMILES string of the molecule is O=C(O)c1ccc(CNCC2CCCS2)nc1. The van der Waals surface area contributed by atoms with Crippen molar-refractivity contribution < 1.29 is 9.90 Å². The molecule has 5 heteroatoms. The molecule has 2 heterocycles. The number of rotatable bonds is 5. The van der Waals surface area contributed by atoms with Crippen LogP contribution in [0.3, 0.4) is 0 Å². The van der Waals surface area contributed by atoms with Crippen LogP contribution in [-0.4, -0.2) is 33.6 Å². The molecule has 1 saturated heterocycles. The van der Waals surface area contributed by atoms with Crippen LogP contribution in [0.1, 0.15) is 28.9 Å². The molecule has 0 spiro atoms. The van der Waals surface area contributed by atoms with Gasteiger partial charge in [-0.25, -0.2) is 4.79 Å². The Morgan fingerprint density at radius 2 is 2.47 bits per heavy atom. The van der Waals surface area contributed by atoms with E-state index in [0.29, 0.717) is 6.54 Å². The van der Waals surface area contributed by atoms with Crippen molar-refractivity contribution in [2.24, 2.45) is 0 Å². The first kappa shape index (κ1) is 12.4. The summed E-state index contributed by atoms with van der Waals surface area (Å²) in [6.07, 6.45) is 4.02. The summed E-state index contributed by atoms with van der Waals surface area (Å²) in [5, 5.41) is 12.8. The minimum Gasteiger partial charge on any atom is -0.478 e. The molecule has 1 aliphatic rings. The summed E-state index contributed by atoms with van der Waals surface area (Å²) < 4.78 is 0. The fourth-order valence-corrected chi connectivity index (χ4v) is 3.06. The molecular weight excluding hydrogens is 236 g/mol. The minimum absolute atomic E-state index is 0.236. The Hall–Kier alpha value is -1.07. The molecule has 0 saturated carbocycles. The van der Waals surface area contributed by atoms with Crippen molar-refractivity contribution in [1.82, 2.24) is 10.3 Å². The van der Waals surface area contributed by atoms with Crippen molar-refractivity contribution in [3.05, 3.63) is 29.6 Å². The third kappa shape index (κ3) is 3.71. The van der Waals surface area contributed by atoms with Crippen molar-refractivity contribution in [3.8, 4) is 0 Å². The van der Waals surface area contributed by atoms with E-state index >= 15 is 0 Å². The Bertz CT molecular complexity index is 375. The van der Waals surface area contributed by atoms with Gasteiger partial charge in [0, 0.05) is 24.5 Å². The molecular formula is C12H16N2O2S. The highest BCUT2D eigenvalue weighted by atomic mass is 32.2.